The van der Waals surface area contributed by atoms with Crippen molar-refractivity contribution >= 4 is 17.4 Å². The van der Waals surface area contributed by atoms with E-state index in [2.05, 4.69) is 33.0 Å². The van der Waals surface area contributed by atoms with E-state index in [1.165, 1.54) is 0 Å². The molecule has 0 heterocycles. The summed E-state index contributed by atoms with van der Waals surface area (Å²) in [7, 11) is 0. The van der Waals surface area contributed by atoms with E-state index >= 15 is 0 Å². The lowest BCUT2D eigenvalue weighted by Crippen LogP contribution is -2.20. The van der Waals surface area contributed by atoms with Crippen LogP contribution in [0.15, 0.2) is 48.5 Å². The molecule has 0 aliphatic carbocycles. The maximum Gasteiger partial charge on any atom is 0.231 e. The largest absolute Gasteiger partial charge is 0.325 e. The van der Waals surface area contributed by atoms with Crippen LogP contribution in [0, 0.1) is 0 Å². The molecule has 0 saturated carbocycles. The van der Waals surface area contributed by atoms with Gasteiger partial charge in [0.25, 0.3) is 0 Å². The summed E-state index contributed by atoms with van der Waals surface area (Å²) in [5.74, 6) is 0.288. The van der Waals surface area contributed by atoms with Crippen molar-refractivity contribution in [3.63, 3.8) is 0 Å². The molecule has 0 fully saturated rings. The molecule has 0 bridgehead atoms. The van der Waals surface area contributed by atoms with Crippen molar-refractivity contribution in [2.45, 2.75) is 52.4 Å². The Morgan fingerprint density at radius 2 is 1.40 bits per heavy atom. The fourth-order valence-corrected chi connectivity index (χ4v) is 2.94. The average Bonchev–Trinajstić information content (AvgIpc) is 2.55. The minimum absolute atomic E-state index is 0.0724. The minimum Gasteiger partial charge on any atom is -0.325 e. The Labute approximate surface area is 150 Å². The number of Topliss-reactive ketones (excluding diaryl/α,β-unsaturated/α-hetero) is 1. The summed E-state index contributed by atoms with van der Waals surface area (Å²) in [5, 5.41) is 3.00. The molecule has 0 aliphatic rings. The fraction of sp³-hybridized carbons (Fsp3) is 0.364. The molecule has 3 nitrogen and oxygen atoms in total. The molecule has 0 saturated heterocycles. The van der Waals surface area contributed by atoms with Gasteiger partial charge in [-0.3, -0.25) is 9.59 Å². The molecule has 25 heavy (non-hydrogen) atoms. The van der Waals surface area contributed by atoms with Crippen molar-refractivity contribution in [2.24, 2.45) is 0 Å². The van der Waals surface area contributed by atoms with Gasteiger partial charge < -0.3 is 5.32 Å². The lowest BCUT2D eigenvalue weighted by atomic mass is 9.92. The van der Waals surface area contributed by atoms with Gasteiger partial charge in [-0.05, 0) is 28.5 Å². The Bertz CT molecular complexity index is 707. The topological polar surface area (TPSA) is 46.2 Å². The summed E-state index contributed by atoms with van der Waals surface area (Å²) in [4.78, 5) is 24.6. The Morgan fingerprint density at radius 3 is 1.92 bits per heavy atom. The normalized spacial score (nSPS) is 11.0. The monoisotopic (exact) mass is 337 g/mol. The van der Waals surface area contributed by atoms with Gasteiger partial charge in [0.2, 0.25) is 5.91 Å². The second-order valence-electron chi connectivity index (χ2n) is 7.05. The number of carbonyl (C=O) groups is 2. The second kappa shape index (κ2) is 8.61. The third kappa shape index (κ3) is 5.28. The van der Waals surface area contributed by atoms with Crippen LogP contribution in [0.2, 0.25) is 0 Å². The number of hydrogen-bond donors (Lipinski definition) is 1. The van der Waals surface area contributed by atoms with Crippen LogP contribution in [-0.4, -0.2) is 11.7 Å². The molecule has 0 aliphatic heterocycles. The fourth-order valence-electron chi connectivity index (χ4n) is 2.94. The molecule has 2 rings (SSSR count). The zero-order chi connectivity index (χ0) is 18.4. The van der Waals surface area contributed by atoms with Crippen LogP contribution in [-0.2, 0) is 16.0 Å². The Hall–Kier alpha value is -2.42. The van der Waals surface area contributed by atoms with E-state index in [-0.39, 0.29) is 24.5 Å². The molecular weight excluding hydrogens is 310 g/mol. The zero-order valence-corrected chi connectivity index (χ0v) is 15.5. The van der Waals surface area contributed by atoms with Crippen molar-refractivity contribution in [2.75, 3.05) is 5.32 Å². The maximum atomic E-state index is 12.4. The third-order valence-corrected chi connectivity index (χ3v) is 4.24. The van der Waals surface area contributed by atoms with Crippen molar-refractivity contribution in [1.82, 2.24) is 0 Å². The van der Waals surface area contributed by atoms with E-state index in [0.29, 0.717) is 11.8 Å². The molecule has 0 unspecified atom stereocenters. The standard InChI is InChI=1S/C22H27NO2/c1-15(2)19-11-8-12-20(16(3)4)22(19)23-21(25)14-18(24)13-17-9-6-5-7-10-17/h5-12,15-16H,13-14H2,1-4H3,(H,23,25). The average molecular weight is 337 g/mol. The lowest BCUT2D eigenvalue weighted by Gasteiger charge is -2.20. The number of hydrogen-bond acceptors (Lipinski definition) is 2. The first-order chi connectivity index (χ1) is 11.9. The quantitative estimate of drug-likeness (QED) is 0.717. The summed E-state index contributed by atoms with van der Waals surface area (Å²) >= 11 is 0. The molecule has 2 aromatic rings. The highest BCUT2D eigenvalue weighted by Crippen LogP contribution is 2.32. The Kier molecular flexibility index (Phi) is 6.51. The van der Waals surface area contributed by atoms with Crippen LogP contribution in [0.1, 0.15) is 62.6 Å². The Morgan fingerprint density at radius 1 is 0.840 bits per heavy atom. The molecule has 0 atom stereocenters. The van der Waals surface area contributed by atoms with E-state index in [4.69, 9.17) is 0 Å². The van der Waals surface area contributed by atoms with Gasteiger partial charge in [0, 0.05) is 12.1 Å². The number of ketones is 1. The summed E-state index contributed by atoms with van der Waals surface area (Å²) in [5.41, 5.74) is 4.01. The van der Waals surface area contributed by atoms with Crippen LogP contribution in [0.4, 0.5) is 5.69 Å². The SMILES string of the molecule is CC(C)c1cccc(C(C)C)c1NC(=O)CC(=O)Cc1ccccc1. The van der Waals surface area contributed by atoms with Crippen molar-refractivity contribution in [3.05, 3.63) is 65.2 Å². The molecular formula is C22H27NO2. The van der Waals surface area contributed by atoms with Gasteiger partial charge in [-0.15, -0.1) is 0 Å². The smallest absolute Gasteiger partial charge is 0.231 e. The first-order valence-electron chi connectivity index (χ1n) is 8.86. The highest BCUT2D eigenvalue weighted by Gasteiger charge is 2.17. The molecule has 0 spiro atoms. The summed E-state index contributed by atoms with van der Waals surface area (Å²) < 4.78 is 0. The highest BCUT2D eigenvalue weighted by molar-refractivity contribution is 6.05. The molecule has 3 heteroatoms. The molecule has 132 valence electrons. The van der Waals surface area contributed by atoms with Gasteiger partial charge in [-0.25, -0.2) is 0 Å². The van der Waals surface area contributed by atoms with Gasteiger partial charge in [-0.2, -0.15) is 0 Å². The number of nitrogens with one attached hydrogen (secondary N) is 1. The zero-order valence-electron chi connectivity index (χ0n) is 15.5. The van der Waals surface area contributed by atoms with E-state index < -0.39 is 0 Å². The predicted molar refractivity (Wildman–Crippen MR) is 103 cm³/mol. The number of rotatable bonds is 7. The van der Waals surface area contributed by atoms with Crippen LogP contribution < -0.4 is 5.32 Å². The molecule has 1 N–H and O–H groups in total. The van der Waals surface area contributed by atoms with E-state index in [0.717, 1.165) is 22.4 Å². The van der Waals surface area contributed by atoms with Crippen molar-refractivity contribution in [1.29, 1.82) is 0 Å². The van der Waals surface area contributed by atoms with Crippen molar-refractivity contribution < 1.29 is 9.59 Å². The number of para-hydroxylation sites is 1. The molecule has 1 amide bonds. The van der Waals surface area contributed by atoms with Gasteiger partial charge in [0.15, 0.2) is 0 Å². The first kappa shape index (κ1) is 18.9. The Balaban J connectivity index is 2.11. The molecule has 0 radical (unpaired) electrons. The first-order valence-corrected chi connectivity index (χ1v) is 8.86. The van der Waals surface area contributed by atoms with E-state index in [1.54, 1.807) is 0 Å². The van der Waals surface area contributed by atoms with Gasteiger partial charge in [-0.1, -0.05) is 76.2 Å². The van der Waals surface area contributed by atoms with Gasteiger partial charge in [0.05, 0.1) is 6.42 Å². The van der Waals surface area contributed by atoms with E-state index in [1.807, 2.05) is 48.5 Å². The summed E-state index contributed by atoms with van der Waals surface area (Å²) in [6, 6.07) is 15.6. The van der Waals surface area contributed by atoms with E-state index in [9.17, 15) is 9.59 Å². The number of amides is 1. The molecule has 2 aromatic carbocycles. The van der Waals surface area contributed by atoms with Gasteiger partial charge >= 0.3 is 0 Å². The van der Waals surface area contributed by atoms with Crippen molar-refractivity contribution in [3.8, 4) is 0 Å². The maximum absolute atomic E-state index is 12.4. The second-order valence-corrected chi connectivity index (χ2v) is 7.05. The predicted octanol–water partition coefficient (Wildman–Crippen LogP) is 5.07. The number of anilines is 1. The van der Waals surface area contributed by atoms with Gasteiger partial charge in [0.1, 0.15) is 5.78 Å². The third-order valence-electron chi connectivity index (χ3n) is 4.24. The van der Waals surface area contributed by atoms with Crippen LogP contribution in [0.3, 0.4) is 0 Å². The highest BCUT2D eigenvalue weighted by atomic mass is 16.2. The van der Waals surface area contributed by atoms with Crippen LogP contribution in [0.5, 0.6) is 0 Å². The van der Waals surface area contributed by atoms with Crippen LogP contribution >= 0.6 is 0 Å². The summed E-state index contributed by atoms with van der Waals surface area (Å²) in [6.45, 7) is 8.43. The number of carbonyl (C=O) groups excluding carboxylic acids is 2. The lowest BCUT2D eigenvalue weighted by molar-refractivity contribution is -0.125. The minimum atomic E-state index is -0.240. The number of benzene rings is 2. The molecule has 0 aromatic heterocycles. The summed E-state index contributed by atoms with van der Waals surface area (Å²) in [6.07, 6.45) is 0.190. The van der Waals surface area contributed by atoms with Crippen LogP contribution in [0.25, 0.3) is 0 Å².